The number of fused-ring (bicyclic) bond motifs is 1. The van der Waals surface area contributed by atoms with Gasteiger partial charge in [0.15, 0.2) is 0 Å². The summed E-state index contributed by atoms with van der Waals surface area (Å²) >= 11 is 0. The highest BCUT2D eigenvalue weighted by atomic mass is 16.5. The fourth-order valence-corrected chi connectivity index (χ4v) is 3.60. The molecule has 4 rings (SSSR count). The molecule has 1 N–H and O–H groups in total. The quantitative estimate of drug-likeness (QED) is 0.417. The van der Waals surface area contributed by atoms with E-state index in [9.17, 15) is 5.26 Å². The number of hydrogen-bond acceptors (Lipinski definition) is 5. The predicted molar refractivity (Wildman–Crippen MR) is 121 cm³/mol. The lowest BCUT2D eigenvalue weighted by atomic mass is 10.1. The van der Waals surface area contributed by atoms with Crippen LogP contribution in [0, 0.1) is 17.2 Å². The molecule has 0 amide bonds. The summed E-state index contributed by atoms with van der Waals surface area (Å²) in [5.74, 6) is 1.51. The summed E-state index contributed by atoms with van der Waals surface area (Å²) < 4.78 is 13.1. The van der Waals surface area contributed by atoms with E-state index in [1.165, 1.54) is 12.8 Å². The smallest absolute Gasteiger partial charge is 0.120 e. The normalized spacial score (nSPS) is 12.7. The molecule has 1 aliphatic carbocycles. The second-order valence-electron chi connectivity index (χ2n) is 7.16. The minimum Gasteiger partial charge on any atom is -0.497 e. The average Bonchev–Trinajstić information content (AvgIpc) is 3.57. The van der Waals surface area contributed by atoms with Crippen molar-refractivity contribution < 1.29 is 15.7 Å². The van der Waals surface area contributed by atoms with E-state index < -0.39 is 0 Å². The van der Waals surface area contributed by atoms with Crippen LogP contribution in [0.25, 0.3) is 22.2 Å². The third-order valence-corrected chi connectivity index (χ3v) is 5.26. The van der Waals surface area contributed by atoms with Gasteiger partial charge in [-0.2, -0.15) is 5.26 Å². The number of anilines is 1. The summed E-state index contributed by atoms with van der Waals surface area (Å²) in [5.41, 5.74) is 4.84. The molecule has 1 saturated carbocycles. The molecule has 1 aliphatic rings. The summed E-state index contributed by atoms with van der Waals surface area (Å²) in [6.07, 6.45) is 2.51. The van der Waals surface area contributed by atoms with Crippen LogP contribution < -0.4 is 10.1 Å². The van der Waals surface area contributed by atoms with Crippen molar-refractivity contribution in [3.8, 4) is 23.1 Å². The maximum Gasteiger partial charge on any atom is 0.120 e. The fraction of sp³-hybridized carbons (Fsp3) is 0.333. The monoisotopic (exact) mass is 407 g/mol. The molecule has 158 valence electrons. The van der Waals surface area contributed by atoms with Gasteiger partial charge in [0.2, 0.25) is 0 Å². The van der Waals surface area contributed by atoms with Gasteiger partial charge in [0.25, 0.3) is 0 Å². The van der Waals surface area contributed by atoms with Crippen LogP contribution in [0.5, 0.6) is 5.75 Å². The van der Waals surface area contributed by atoms with Gasteiger partial charge in [-0.1, -0.05) is 12.1 Å². The molecule has 1 fully saturated rings. The predicted octanol–water partition coefficient (Wildman–Crippen LogP) is 5.07. The topological polar surface area (TPSA) is 76.3 Å². The van der Waals surface area contributed by atoms with Crippen molar-refractivity contribution >= 4 is 23.4 Å². The molecule has 0 unspecified atom stereocenters. The van der Waals surface area contributed by atoms with Crippen molar-refractivity contribution in [2.24, 2.45) is 5.92 Å². The van der Waals surface area contributed by atoms with Crippen LogP contribution >= 0.6 is 0 Å². The molecule has 2 aromatic carbocycles. The lowest BCUT2D eigenvalue weighted by Gasteiger charge is -2.12. The highest BCUT2D eigenvalue weighted by Gasteiger charge is 2.26. The van der Waals surface area contributed by atoms with Crippen LogP contribution in [0.2, 0.25) is 0 Å². The Hall–Kier alpha value is -3.30. The van der Waals surface area contributed by atoms with Gasteiger partial charge >= 0.3 is 0 Å². The molecule has 1 aromatic heterocycles. The standard InChI is InChI=1S/C23H25N3O2.CH2O.H2/c1-3-28-15-25-18-8-6-17(7-9-18)23-21(13-24)20-11-10-19(27-2)12-22(20)26(23)14-16-4-5-16;1-2;/h6-12,16,25H,3-5,14-15H2,1-2H3;1H2;1H. The SMILES string of the molecule is C=O.CCOCNc1ccc(-c2c(C#N)c3ccc(OC)cc3n2CC2CC2)cc1.[HH]. The number of nitrogens with one attached hydrogen (secondary N) is 1. The van der Waals surface area contributed by atoms with Crippen LogP contribution in [0.4, 0.5) is 5.69 Å². The second kappa shape index (κ2) is 9.95. The minimum absolute atomic E-state index is 0. The summed E-state index contributed by atoms with van der Waals surface area (Å²) in [5, 5.41) is 14.2. The molecule has 0 saturated heterocycles. The number of methoxy groups -OCH3 is 1. The Morgan fingerprint density at radius 3 is 2.57 bits per heavy atom. The van der Waals surface area contributed by atoms with E-state index in [1.807, 2.05) is 44.0 Å². The van der Waals surface area contributed by atoms with E-state index in [-0.39, 0.29) is 1.43 Å². The first-order valence-corrected chi connectivity index (χ1v) is 10.1. The number of hydrogen-bond donors (Lipinski definition) is 1. The van der Waals surface area contributed by atoms with Crippen LogP contribution in [0.3, 0.4) is 0 Å². The van der Waals surface area contributed by atoms with Gasteiger partial charge in [0.1, 0.15) is 25.3 Å². The van der Waals surface area contributed by atoms with Crippen molar-refractivity contribution in [1.82, 2.24) is 4.57 Å². The van der Waals surface area contributed by atoms with Gasteiger partial charge in [-0.3, -0.25) is 0 Å². The summed E-state index contributed by atoms with van der Waals surface area (Å²) in [4.78, 5) is 8.00. The van der Waals surface area contributed by atoms with E-state index in [0.29, 0.717) is 19.3 Å². The Kier molecular flexibility index (Phi) is 7.10. The number of rotatable bonds is 8. The molecular weight excluding hydrogens is 378 g/mol. The van der Waals surface area contributed by atoms with Gasteiger partial charge in [-0.15, -0.1) is 0 Å². The van der Waals surface area contributed by atoms with E-state index in [2.05, 4.69) is 28.1 Å². The molecular formula is C24H29N3O3. The largest absolute Gasteiger partial charge is 0.497 e. The highest BCUT2D eigenvalue weighted by Crippen LogP contribution is 2.39. The molecule has 1 heterocycles. The number of aromatic nitrogens is 1. The number of carbonyl (C=O) groups excluding carboxylic acids is 1. The van der Waals surface area contributed by atoms with Gasteiger partial charge in [0.05, 0.1) is 23.9 Å². The van der Waals surface area contributed by atoms with Gasteiger partial charge in [-0.25, -0.2) is 0 Å². The lowest BCUT2D eigenvalue weighted by molar-refractivity contribution is -0.0979. The third-order valence-electron chi connectivity index (χ3n) is 5.26. The van der Waals surface area contributed by atoms with Crippen molar-refractivity contribution in [2.75, 3.05) is 25.8 Å². The van der Waals surface area contributed by atoms with Crippen molar-refractivity contribution in [1.29, 1.82) is 5.26 Å². The molecule has 3 aromatic rings. The number of nitriles is 1. The maximum atomic E-state index is 9.94. The molecule has 30 heavy (non-hydrogen) atoms. The number of ether oxygens (including phenoxy) is 2. The summed E-state index contributed by atoms with van der Waals surface area (Å²) in [7, 11) is 1.68. The van der Waals surface area contributed by atoms with Gasteiger partial charge in [-0.05, 0) is 55.5 Å². The maximum absolute atomic E-state index is 9.94. The minimum atomic E-state index is 0. The Labute approximate surface area is 178 Å². The molecule has 6 heteroatoms. The van der Waals surface area contributed by atoms with Gasteiger partial charge < -0.3 is 24.2 Å². The first-order valence-electron chi connectivity index (χ1n) is 10.1. The number of carbonyl (C=O) groups is 1. The summed E-state index contributed by atoms with van der Waals surface area (Å²) in [6, 6.07) is 16.6. The fourth-order valence-electron chi connectivity index (χ4n) is 3.60. The Bertz CT molecular complexity index is 1040. The van der Waals surface area contributed by atoms with E-state index in [4.69, 9.17) is 14.3 Å². The lowest BCUT2D eigenvalue weighted by Crippen LogP contribution is -2.05. The zero-order chi connectivity index (χ0) is 21.5. The van der Waals surface area contributed by atoms with E-state index in [1.54, 1.807) is 7.11 Å². The molecule has 0 atom stereocenters. The second-order valence-corrected chi connectivity index (χ2v) is 7.16. The molecule has 6 nitrogen and oxygen atoms in total. The number of benzene rings is 2. The molecule has 0 spiro atoms. The first kappa shape index (κ1) is 21.4. The Balaban J connectivity index is 0.00000111. The number of nitrogens with zero attached hydrogens (tertiary/aromatic N) is 2. The van der Waals surface area contributed by atoms with E-state index in [0.717, 1.165) is 45.7 Å². The molecule has 0 aliphatic heterocycles. The van der Waals surface area contributed by atoms with Crippen LogP contribution in [0.1, 0.15) is 26.8 Å². The van der Waals surface area contributed by atoms with Crippen molar-refractivity contribution in [3.63, 3.8) is 0 Å². The third kappa shape index (κ3) is 4.47. The van der Waals surface area contributed by atoms with Gasteiger partial charge in [0, 0.05) is 31.7 Å². The Morgan fingerprint density at radius 1 is 1.23 bits per heavy atom. The summed E-state index contributed by atoms with van der Waals surface area (Å²) in [6.45, 7) is 6.08. The zero-order valence-electron chi connectivity index (χ0n) is 17.5. The zero-order valence-corrected chi connectivity index (χ0v) is 17.5. The van der Waals surface area contributed by atoms with Crippen LogP contribution in [-0.2, 0) is 16.1 Å². The van der Waals surface area contributed by atoms with Crippen molar-refractivity contribution in [3.05, 3.63) is 48.0 Å². The molecule has 0 bridgehead atoms. The van der Waals surface area contributed by atoms with Crippen LogP contribution in [0.15, 0.2) is 42.5 Å². The molecule has 0 radical (unpaired) electrons. The highest BCUT2D eigenvalue weighted by molar-refractivity contribution is 5.95. The van der Waals surface area contributed by atoms with E-state index >= 15 is 0 Å². The van der Waals surface area contributed by atoms with Crippen molar-refractivity contribution in [2.45, 2.75) is 26.3 Å². The Morgan fingerprint density at radius 2 is 1.97 bits per heavy atom. The first-order chi connectivity index (χ1) is 14.7. The van der Waals surface area contributed by atoms with Crippen LogP contribution in [-0.4, -0.2) is 31.8 Å². The average molecular weight is 408 g/mol.